The predicted molar refractivity (Wildman–Crippen MR) is 62.5 cm³/mol. The van der Waals surface area contributed by atoms with Gasteiger partial charge >= 0.3 is 11.9 Å². The zero-order valence-electron chi connectivity index (χ0n) is 9.55. The number of esters is 1. The van der Waals surface area contributed by atoms with Gasteiger partial charge in [0.05, 0.1) is 12.3 Å². The highest BCUT2D eigenvalue weighted by Crippen LogP contribution is 2.19. The molecule has 0 fully saturated rings. The van der Waals surface area contributed by atoms with E-state index in [1.165, 1.54) is 0 Å². The van der Waals surface area contributed by atoms with Crippen LogP contribution in [0.15, 0.2) is 24.3 Å². The monoisotopic (exact) mass is 237 g/mol. The lowest BCUT2D eigenvalue weighted by molar-refractivity contribution is -0.147. The third kappa shape index (κ3) is 4.14. The van der Waals surface area contributed by atoms with Gasteiger partial charge in [0.1, 0.15) is 6.61 Å². The average Bonchev–Trinajstić information content (AvgIpc) is 2.27. The summed E-state index contributed by atoms with van der Waals surface area (Å²) >= 11 is 0. The molecule has 0 aliphatic heterocycles. The Labute approximate surface area is 99.2 Å². The maximum absolute atomic E-state index is 11.6. The minimum atomic E-state index is -0.991. The Morgan fingerprint density at radius 3 is 2.76 bits per heavy atom. The number of nitrogen functional groups attached to an aromatic ring is 1. The molecule has 1 rings (SSSR count). The van der Waals surface area contributed by atoms with Crippen molar-refractivity contribution in [2.75, 3.05) is 12.3 Å². The topological polar surface area (TPSA) is 89.6 Å². The molecule has 1 unspecified atom stereocenters. The van der Waals surface area contributed by atoms with Crippen molar-refractivity contribution in [3.63, 3.8) is 0 Å². The minimum Gasteiger partial charge on any atom is -0.481 e. The molecule has 0 aromatic heterocycles. The Hall–Kier alpha value is -2.04. The molecule has 0 saturated heterocycles. The van der Waals surface area contributed by atoms with Gasteiger partial charge < -0.3 is 15.6 Å². The summed E-state index contributed by atoms with van der Waals surface area (Å²) in [6.07, 6.45) is -0.185. The van der Waals surface area contributed by atoms with Crippen molar-refractivity contribution in [2.45, 2.75) is 19.3 Å². The van der Waals surface area contributed by atoms with E-state index in [1.807, 2.05) is 0 Å². The second kappa shape index (κ2) is 5.89. The Morgan fingerprint density at radius 2 is 2.18 bits per heavy atom. The van der Waals surface area contributed by atoms with E-state index in [4.69, 9.17) is 15.6 Å². The molecule has 1 atom stereocenters. The van der Waals surface area contributed by atoms with Crippen LogP contribution in [0.4, 0.5) is 5.69 Å². The van der Waals surface area contributed by atoms with Gasteiger partial charge in [0.15, 0.2) is 0 Å². The molecule has 0 aliphatic rings. The second-order valence-electron chi connectivity index (χ2n) is 3.70. The van der Waals surface area contributed by atoms with Gasteiger partial charge in [0.25, 0.3) is 0 Å². The van der Waals surface area contributed by atoms with Gasteiger partial charge in [-0.1, -0.05) is 12.1 Å². The van der Waals surface area contributed by atoms with Gasteiger partial charge in [-0.2, -0.15) is 0 Å². The smallest absolute Gasteiger partial charge is 0.313 e. The molecule has 5 heteroatoms. The van der Waals surface area contributed by atoms with Crippen LogP contribution in [0.2, 0.25) is 0 Å². The van der Waals surface area contributed by atoms with Crippen LogP contribution in [-0.4, -0.2) is 23.7 Å². The lowest BCUT2D eigenvalue weighted by Gasteiger charge is -2.11. The van der Waals surface area contributed by atoms with E-state index in [9.17, 15) is 9.59 Å². The van der Waals surface area contributed by atoms with Crippen molar-refractivity contribution >= 4 is 17.6 Å². The highest BCUT2D eigenvalue weighted by atomic mass is 16.5. The molecule has 0 saturated carbocycles. The lowest BCUT2D eigenvalue weighted by atomic mass is 10.0. The van der Waals surface area contributed by atoms with E-state index in [0.717, 1.165) is 5.56 Å². The zero-order chi connectivity index (χ0) is 12.8. The maximum atomic E-state index is 11.6. The molecule has 0 heterocycles. The molecule has 0 radical (unpaired) electrons. The third-order valence-electron chi connectivity index (χ3n) is 2.32. The summed E-state index contributed by atoms with van der Waals surface area (Å²) in [5.74, 6) is -1.89. The Bertz CT molecular complexity index is 417. The van der Waals surface area contributed by atoms with Crippen LogP contribution in [0.3, 0.4) is 0 Å². The number of carboxylic acids is 1. The van der Waals surface area contributed by atoms with Gasteiger partial charge in [0.2, 0.25) is 0 Å². The predicted octanol–water partition coefficient (Wildman–Crippen LogP) is 1.39. The fraction of sp³-hybridized carbons (Fsp3) is 0.333. The fourth-order valence-corrected chi connectivity index (χ4v) is 1.33. The highest BCUT2D eigenvalue weighted by Gasteiger charge is 2.17. The number of aliphatic carboxylic acids is 1. The molecule has 3 N–H and O–H groups in total. The van der Waals surface area contributed by atoms with Gasteiger partial charge in [-0.15, -0.1) is 0 Å². The van der Waals surface area contributed by atoms with Crippen molar-refractivity contribution in [1.82, 2.24) is 0 Å². The van der Waals surface area contributed by atoms with Crippen molar-refractivity contribution in [2.24, 2.45) is 0 Å². The van der Waals surface area contributed by atoms with E-state index < -0.39 is 17.9 Å². The van der Waals surface area contributed by atoms with E-state index in [2.05, 4.69) is 0 Å². The summed E-state index contributed by atoms with van der Waals surface area (Å²) in [7, 11) is 0. The number of carbonyl (C=O) groups is 2. The van der Waals surface area contributed by atoms with Crippen LogP contribution in [-0.2, 0) is 14.3 Å². The molecule has 0 aliphatic carbocycles. The first-order chi connectivity index (χ1) is 8.00. The van der Waals surface area contributed by atoms with Crippen LogP contribution < -0.4 is 5.73 Å². The molecule has 1 aromatic carbocycles. The number of nitrogens with two attached hydrogens (primary N) is 1. The summed E-state index contributed by atoms with van der Waals surface area (Å²) in [5, 5.41) is 8.41. The maximum Gasteiger partial charge on any atom is 0.313 e. The molecule has 1 aromatic rings. The molecular weight excluding hydrogens is 222 g/mol. The number of anilines is 1. The normalized spacial score (nSPS) is 11.8. The zero-order valence-corrected chi connectivity index (χ0v) is 9.55. The van der Waals surface area contributed by atoms with E-state index in [-0.39, 0.29) is 13.0 Å². The standard InChI is InChI=1S/C12H15NO4/c1-8(9-3-2-4-10(13)7-9)12(16)17-6-5-11(14)15/h2-4,7-8H,5-6,13H2,1H3,(H,14,15). The summed E-state index contributed by atoms with van der Waals surface area (Å²) in [4.78, 5) is 21.8. The molecule has 17 heavy (non-hydrogen) atoms. The van der Waals surface area contributed by atoms with Crippen molar-refractivity contribution < 1.29 is 19.4 Å². The minimum absolute atomic E-state index is 0.110. The number of rotatable bonds is 5. The Balaban J connectivity index is 2.54. The highest BCUT2D eigenvalue weighted by molar-refractivity contribution is 5.78. The largest absolute Gasteiger partial charge is 0.481 e. The van der Waals surface area contributed by atoms with E-state index in [0.29, 0.717) is 5.69 Å². The van der Waals surface area contributed by atoms with Crippen LogP contribution in [0.1, 0.15) is 24.8 Å². The molecule has 0 amide bonds. The summed E-state index contributed by atoms with van der Waals surface area (Å²) in [6, 6.07) is 6.96. The van der Waals surface area contributed by atoms with Gasteiger partial charge in [-0.3, -0.25) is 9.59 Å². The van der Waals surface area contributed by atoms with E-state index >= 15 is 0 Å². The van der Waals surface area contributed by atoms with Crippen molar-refractivity contribution in [3.05, 3.63) is 29.8 Å². The van der Waals surface area contributed by atoms with Gasteiger partial charge in [-0.25, -0.2) is 0 Å². The van der Waals surface area contributed by atoms with Crippen LogP contribution in [0.5, 0.6) is 0 Å². The molecule has 92 valence electrons. The van der Waals surface area contributed by atoms with Crippen molar-refractivity contribution in [3.8, 4) is 0 Å². The first-order valence-corrected chi connectivity index (χ1v) is 5.24. The average molecular weight is 237 g/mol. The van der Waals surface area contributed by atoms with E-state index in [1.54, 1.807) is 31.2 Å². The lowest BCUT2D eigenvalue weighted by Crippen LogP contribution is -2.15. The van der Waals surface area contributed by atoms with Crippen molar-refractivity contribution in [1.29, 1.82) is 0 Å². The quantitative estimate of drug-likeness (QED) is 0.596. The number of hydrogen-bond donors (Lipinski definition) is 2. The number of carbonyl (C=O) groups excluding carboxylic acids is 1. The summed E-state index contributed by atoms with van der Waals surface area (Å²) < 4.78 is 4.85. The first-order valence-electron chi connectivity index (χ1n) is 5.24. The van der Waals surface area contributed by atoms with Gasteiger partial charge in [0, 0.05) is 5.69 Å². The molecule has 5 nitrogen and oxygen atoms in total. The SMILES string of the molecule is CC(C(=O)OCCC(=O)O)c1cccc(N)c1. The second-order valence-corrected chi connectivity index (χ2v) is 3.70. The van der Waals surface area contributed by atoms with Gasteiger partial charge in [-0.05, 0) is 24.6 Å². The fourth-order valence-electron chi connectivity index (χ4n) is 1.33. The van der Waals surface area contributed by atoms with Crippen LogP contribution in [0, 0.1) is 0 Å². The Morgan fingerprint density at radius 1 is 1.47 bits per heavy atom. The number of benzene rings is 1. The summed E-state index contributed by atoms with van der Waals surface area (Å²) in [5.41, 5.74) is 6.94. The van der Waals surface area contributed by atoms with Crippen LogP contribution in [0.25, 0.3) is 0 Å². The number of hydrogen-bond acceptors (Lipinski definition) is 4. The number of ether oxygens (including phenoxy) is 1. The summed E-state index contributed by atoms with van der Waals surface area (Å²) in [6.45, 7) is 1.58. The third-order valence-corrected chi connectivity index (χ3v) is 2.32. The number of carboxylic acid groups (broad SMARTS) is 1. The Kier molecular flexibility index (Phi) is 4.51. The van der Waals surface area contributed by atoms with Crippen LogP contribution >= 0.6 is 0 Å². The first kappa shape index (κ1) is 13.0. The molecule has 0 spiro atoms. The molecule has 0 bridgehead atoms. The molecular formula is C12H15NO4.